The van der Waals surface area contributed by atoms with E-state index < -0.39 is 7.26 Å². The summed E-state index contributed by atoms with van der Waals surface area (Å²) in [6.45, 7) is 15.3. The molecule has 0 bridgehead atoms. The Morgan fingerprint density at radius 3 is 1.00 bits per heavy atom. The van der Waals surface area contributed by atoms with Crippen LogP contribution in [0.25, 0.3) is 0 Å². The van der Waals surface area contributed by atoms with E-state index in [-0.39, 0.29) is 0 Å². The zero-order valence-corrected chi connectivity index (χ0v) is 9.31. The van der Waals surface area contributed by atoms with E-state index in [4.69, 9.17) is 0 Å². The highest BCUT2D eigenvalue weighted by atomic mass is 31.2. The minimum Gasteiger partial charge on any atom is -0.0995 e. The highest BCUT2D eigenvalue weighted by Crippen LogP contribution is 2.58. The SMILES string of the molecule is C=CC[P+](CC=C)(CC=C)CC=C. The first kappa shape index (κ1) is 12.4. The molecule has 0 unspecified atom stereocenters. The van der Waals surface area contributed by atoms with E-state index in [1.54, 1.807) is 0 Å². The Kier molecular flexibility index (Phi) is 6.54. The lowest BCUT2D eigenvalue weighted by Gasteiger charge is -2.22. The summed E-state index contributed by atoms with van der Waals surface area (Å²) in [6, 6.07) is 0. The Morgan fingerprint density at radius 1 is 0.615 bits per heavy atom. The van der Waals surface area contributed by atoms with E-state index in [1.807, 2.05) is 24.3 Å². The van der Waals surface area contributed by atoms with Crippen LogP contribution >= 0.6 is 7.26 Å². The molecule has 0 rings (SSSR count). The molecule has 0 radical (unpaired) electrons. The van der Waals surface area contributed by atoms with Gasteiger partial charge in [-0.25, -0.2) is 0 Å². The summed E-state index contributed by atoms with van der Waals surface area (Å²) in [6.07, 6.45) is 12.5. The van der Waals surface area contributed by atoms with Crippen molar-refractivity contribution >= 4 is 7.26 Å². The fourth-order valence-corrected chi connectivity index (χ4v) is 4.63. The molecule has 0 aromatic carbocycles. The standard InChI is InChI=1S/C12H20P/c1-5-9-13(10-6-2,11-7-3)12-8-4/h5-8H,1-4,9-12H2/q+1. The lowest BCUT2D eigenvalue weighted by molar-refractivity contribution is 1.47. The van der Waals surface area contributed by atoms with Crippen LogP contribution in [0.1, 0.15) is 0 Å². The number of rotatable bonds is 8. The van der Waals surface area contributed by atoms with E-state index in [9.17, 15) is 0 Å². The fraction of sp³-hybridized carbons (Fsp3) is 0.333. The molecule has 0 saturated heterocycles. The predicted octanol–water partition coefficient (Wildman–Crippen LogP) is 3.75. The van der Waals surface area contributed by atoms with Crippen LogP contribution in [0.5, 0.6) is 0 Å². The first-order chi connectivity index (χ1) is 6.24. The van der Waals surface area contributed by atoms with E-state index in [0.29, 0.717) is 0 Å². The lowest BCUT2D eigenvalue weighted by atomic mass is 10.7. The molecule has 0 fully saturated rings. The van der Waals surface area contributed by atoms with Crippen LogP contribution < -0.4 is 0 Å². The number of hydrogen-bond acceptors (Lipinski definition) is 0. The Balaban J connectivity index is 4.53. The van der Waals surface area contributed by atoms with Crippen molar-refractivity contribution in [2.24, 2.45) is 0 Å². The molecule has 0 saturated carbocycles. The van der Waals surface area contributed by atoms with Gasteiger partial charge in [0, 0.05) is 7.26 Å². The molecule has 0 atom stereocenters. The van der Waals surface area contributed by atoms with Gasteiger partial charge in [0.2, 0.25) is 0 Å². The van der Waals surface area contributed by atoms with Crippen molar-refractivity contribution in [3.8, 4) is 0 Å². The third-order valence-electron chi connectivity index (χ3n) is 2.07. The third-order valence-corrected chi connectivity index (χ3v) is 6.20. The molecule has 0 heterocycles. The summed E-state index contributed by atoms with van der Waals surface area (Å²) in [7, 11) is -0.968. The highest BCUT2D eigenvalue weighted by molar-refractivity contribution is 7.76. The van der Waals surface area contributed by atoms with Gasteiger partial charge in [-0.3, -0.25) is 0 Å². The molecular formula is C12H20P+. The van der Waals surface area contributed by atoms with Gasteiger partial charge in [-0.1, -0.05) is 50.6 Å². The number of hydrogen-bond donors (Lipinski definition) is 0. The molecular weight excluding hydrogens is 175 g/mol. The fourth-order valence-electron chi connectivity index (χ4n) is 1.54. The Morgan fingerprint density at radius 2 is 0.846 bits per heavy atom. The summed E-state index contributed by atoms with van der Waals surface area (Å²) in [5.41, 5.74) is 0. The van der Waals surface area contributed by atoms with E-state index >= 15 is 0 Å². The monoisotopic (exact) mass is 195 g/mol. The molecule has 0 aliphatic carbocycles. The quantitative estimate of drug-likeness (QED) is 0.409. The van der Waals surface area contributed by atoms with Crippen molar-refractivity contribution in [2.45, 2.75) is 0 Å². The largest absolute Gasteiger partial charge is 0.0995 e. The highest BCUT2D eigenvalue weighted by Gasteiger charge is 2.31. The average Bonchev–Trinajstić information content (AvgIpc) is 2.06. The van der Waals surface area contributed by atoms with Crippen LogP contribution in [0, 0.1) is 0 Å². The first-order valence-corrected chi connectivity index (χ1v) is 7.06. The summed E-state index contributed by atoms with van der Waals surface area (Å²) >= 11 is 0. The van der Waals surface area contributed by atoms with Crippen LogP contribution in [0.2, 0.25) is 0 Å². The summed E-state index contributed by atoms with van der Waals surface area (Å²) in [5.74, 6) is 0. The van der Waals surface area contributed by atoms with E-state index in [1.165, 1.54) is 0 Å². The normalized spacial score (nSPS) is 10.5. The maximum atomic E-state index is 3.82. The van der Waals surface area contributed by atoms with Crippen LogP contribution in [-0.2, 0) is 0 Å². The molecule has 13 heavy (non-hydrogen) atoms. The second kappa shape index (κ2) is 6.86. The third kappa shape index (κ3) is 4.24. The van der Waals surface area contributed by atoms with Gasteiger partial charge in [-0.15, -0.1) is 0 Å². The van der Waals surface area contributed by atoms with Crippen molar-refractivity contribution < 1.29 is 0 Å². The minimum atomic E-state index is -0.968. The van der Waals surface area contributed by atoms with Crippen LogP contribution in [0.3, 0.4) is 0 Å². The molecule has 0 spiro atoms. The van der Waals surface area contributed by atoms with Crippen molar-refractivity contribution in [1.29, 1.82) is 0 Å². The average molecular weight is 195 g/mol. The number of allylic oxidation sites excluding steroid dienone is 4. The van der Waals surface area contributed by atoms with Crippen molar-refractivity contribution in [2.75, 3.05) is 24.6 Å². The molecule has 0 aliphatic heterocycles. The van der Waals surface area contributed by atoms with Gasteiger partial charge in [-0.2, -0.15) is 0 Å². The summed E-state index contributed by atoms with van der Waals surface area (Å²) in [5, 5.41) is 0. The van der Waals surface area contributed by atoms with Crippen LogP contribution in [0.15, 0.2) is 50.6 Å². The Labute approximate surface area is 83.1 Å². The molecule has 72 valence electrons. The van der Waals surface area contributed by atoms with Crippen molar-refractivity contribution in [1.82, 2.24) is 0 Å². The van der Waals surface area contributed by atoms with Gasteiger partial charge in [0.25, 0.3) is 0 Å². The van der Waals surface area contributed by atoms with Gasteiger partial charge in [0.15, 0.2) is 0 Å². The molecule has 0 nitrogen and oxygen atoms in total. The van der Waals surface area contributed by atoms with Crippen LogP contribution in [-0.4, -0.2) is 24.6 Å². The zero-order valence-electron chi connectivity index (χ0n) is 8.41. The summed E-state index contributed by atoms with van der Waals surface area (Å²) < 4.78 is 0. The smallest absolute Gasteiger partial charge is 0.0780 e. The molecule has 0 aromatic heterocycles. The molecule has 1 heteroatoms. The summed E-state index contributed by atoms with van der Waals surface area (Å²) in [4.78, 5) is 0. The Hall–Kier alpha value is -0.610. The van der Waals surface area contributed by atoms with Crippen molar-refractivity contribution in [3.05, 3.63) is 50.6 Å². The van der Waals surface area contributed by atoms with Crippen LogP contribution in [0.4, 0.5) is 0 Å². The van der Waals surface area contributed by atoms with Gasteiger partial charge in [0.1, 0.15) is 0 Å². The maximum absolute atomic E-state index is 3.82. The van der Waals surface area contributed by atoms with Crippen molar-refractivity contribution in [3.63, 3.8) is 0 Å². The predicted molar refractivity (Wildman–Crippen MR) is 67.2 cm³/mol. The lowest BCUT2D eigenvalue weighted by Crippen LogP contribution is -2.07. The molecule has 0 aromatic rings. The topological polar surface area (TPSA) is 0 Å². The zero-order chi connectivity index (χ0) is 10.2. The van der Waals surface area contributed by atoms with E-state index in [2.05, 4.69) is 26.3 Å². The van der Waals surface area contributed by atoms with Gasteiger partial charge >= 0.3 is 0 Å². The first-order valence-electron chi connectivity index (χ1n) is 4.53. The van der Waals surface area contributed by atoms with Gasteiger partial charge < -0.3 is 0 Å². The maximum Gasteiger partial charge on any atom is 0.0780 e. The Bertz CT molecular complexity index is 146. The molecule has 0 N–H and O–H groups in total. The second-order valence-corrected chi connectivity index (χ2v) is 7.37. The van der Waals surface area contributed by atoms with Gasteiger partial charge in [-0.05, 0) is 0 Å². The van der Waals surface area contributed by atoms with E-state index in [0.717, 1.165) is 24.6 Å². The second-order valence-electron chi connectivity index (χ2n) is 3.23. The molecule has 0 aliphatic rings. The minimum absolute atomic E-state index is 0.968. The van der Waals surface area contributed by atoms with Gasteiger partial charge in [0.05, 0.1) is 24.6 Å². The molecule has 0 amide bonds.